The molecule has 9 nitrogen and oxygen atoms in total. The first-order chi connectivity index (χ1) is 15.7. The number of benzene rings is 3. The topological polar surface area (TPSA) is 110 Å². The van der Waals surface area contributed by atoms with Crippen molar-refractivity contribution in [3.8, 4) is 5.75 Å². The molecular formula is C23H23N3O6S. The van der Waals surface area contributed by atoms with Crippen molar-refractivity contribution < 1.29 is 22.3 Å². The van der Waals surface area contributed by atoms with Crippen LogP contribution < -0.4 is 4.18 Å². The van der Waals surface area contributed by atoms with Crippen LogP contribution in [0, 0.1) is 10.1 Å². The van der Waals surface area contributed by atoms with Gasteiger partial charge >= 0.3 is 10.1 Å². The summed E-state index contributed by atoms with van der Waals surface area (Å²) >= 11 is 0. The number of rotatable bonds is 6. The molecule has 0 N–H and O–H groups in total. The monoisotopic (exact) mass is 469 g/mol. The molecule has 172 valence electrons. The second kappa shape index (κ2) is 9.16. The molecule has 0 aromatic heterocycles. The van der Waals surface area contributed by atoms with E-state index in [4.69, 9.17) is 4.18 Å². The van der Waals surface area contributed by atoms with Crippen molar-refractivity contribution in [1.29, 1.82) is 0 Å². The first-order valence-electron chi connectivity index (χ1n) is 10.4. The minimum Gasteiger partial charge on any atom is -0.383 e. The molecule has 0 saturated carbocycles. The van der Waals surface area contributed by atoms with Gasteiger partial charge in [-0.3, -0.25) is 19.8 Å². The number of hydrogen-bond acceptors (Lipinski definition) is 7. The van der Waals surface area contributed by atoms with Gasteiger partial charge in [-0.2, -0.15) is 8.42 Å². The van der Waals surface area contributed by atoms with Gasteiger partial charge in [0, 0.05) is 50.4 Å². The number of piperazine rings is 1. The number of fused-ring (bicyclic) bond motifs is 1. The SMILES string of the molecule is CS(=O)(=O)Oc1ccc2cc(C(=O)N3CCN(Cc4cccc([N+](=O)[O-])c4)CC3)ccc2c1. The van der Waals surface area contributed by atoms with Crippen LogP contribution in [0.3, 0.4) is 0 Å². The van der Waals surface area contributed by atoms with Crippen molar-refractivity contribution in [2.24, 2.45) is 0 Å². The fourth-order valence-corrected chi connectivity index (χ4v) is 4.35. The van der Waals surface area contributed by atoms with E-state index in [1.807, 2.05) is 6.07 Å². The molecule has 0 atom stereocenters. The van der Waals surface area contributed by atoms with E-state index in [0.29, 0.717) is 38.3 Å². The maximum atomic E-state index is 13.0. The largest absolute Gasteiger partial charge is 0.383 e. The van der Waals surface area contributed by atoms with Gasteiger partial charge in [-0.25, -0.2) is 0 Å². The molecule has 33 heavy (non-hydrogen) atoms. The standard InChI is InChI=1S/C23H23N3O6S/c1-33(30,31)32-22-8-7-18-14-20(6-5-19(18)15-22)23(27)25-11-9-24(10-12-25)16-17-3-2-4-21(13-17)26(28)29/h2-8,13-15H,9-12,16H2,1H3. The molecule has 1 amide bonds. The summed E-state index contributed by atoms with van der Waals surface area (Å²) in [6.07, 6.45) is 0.988. The van der Waals surface area contributed by atoms with Gasteiger partial charge in [0.15, 0.2) is 0 Å². The summed E-state index contributed by atoms with van der Waals surface area (Å²) < 4.78 is 27.6. The third-order valence-corrected chi connectivity index (χ3v) is 5.99. The molecule has 0 unspecified atom stereocenters. The van der Waals surface area contributed by atoms with Gasteiger partial charge in [-0.15, -0.1) is 0 Å². The lowest BCUT2D eigenvalue weighted by Crippen LogP contribution is -2.48. The van der Waals surface area contributed by atoms with Crippen LogP contribution >= 0.6 is 0 Å². The Kier molecular flexibility index (Phi) is 6.30. The predicted octanol–water partition coefficient (Wildman–Crippen LogP) is 3.04. The number of non-ortho nitro benzene ring substituents is 1. The zero-order valence-corrected chi connectivity index (χ0v) is 18.8. The molecule has 3 aromatic rings. The Labute approximate surface area is 191 Å². The average molecular weight is 470 g/mol. The van der Waals surface area contributed by atoms with Crippen molar-refractivity contribution >= 4 is 32.5 Å². The van der Waals surface area contributed by atoms with Crippen LogP contribution in [0.25, 0.3) is 10.8 Å². The summed E-state index contributed by atoms with van der Waals surface area (Å²) in [7, 11) is -3.61. The molecule has 1 saturated heterocycles. The van der Waals surface area contributed by atoms with Gasteiger partial charge in [0.25, 0.3) is 11.6 Å². The molecule has 0 spiro atoms. The summed E-state index contributed by atoms with van der Waals surface area (Å²) in [5.74, 6) is 0.160. The highest BCUT2D eigenvalue weighted by Crippen LogP contribution is 2.24. The zero-order valence-electron chi connectivity index (χ0n) is 18.0. The lowest BCUT2D eigenvalue weighted by Gasteiger charge is -2.34. The molecule has 1 aliphatic rings. The van der Waals surface area contributed by atoms with E-state index in [1.165, 1.54) is 6.07 Å². The Hall–Kier alpha value is -3.50. The van der Waals surface area contributed by atoms with E-state index in [-0.39, 0.29) is 17.3 Å². The quantitative estimate of drug-likeness (QED) is 0.310. The third kappa shape index (κ3) is 5.65. The number of nitro benzene ring substituents is 1. The highest BCUT2D eigenvalue weighted by Gasteiger charge is 2.23. The maximum absolute atomic E-state index is 13.0. The van der Waals surface area contributed by atoms with Gasteiger partial charge in [0.05, 0.1) is 11.2 Å². The average Bonchev–Trinajstić information content (AvgIpc) is 2.78. The van der Waals surface area contributed by atoms with Crippen molar-refractivity contribution in [2.75, 3.05) is 32.4 Å². The fourth-order valence-electron chi connectivity index (χ4n) is 3.90. The summed E-state index contributed by atoms with van der Waals surface area (Å²) in [4.78, 5) is 27.6. The first kappa shape index (κ1) is 22.7. The van der Waals surface area contributed by atoms with Crippen LogP contribution in [-0.2, 0) is 16.7 Å². The minimum absolute atomic E-state index is 0.0663. The number of nitro groups is 1. The number of carbonyl (C=O) groups excluding carboxylic acids is 1. The van der Waals surface area contributed by atoms with E-state index in [0.717, 1.165) is 22.6 Å². The lowest BCUT2D eigenvalue weighted by atomic mass is 10.1. The summed E-state index contributed by atoms with van der Waals surface area (Å²) in [6, 6.07) is 16.8. The Morgan fingerprint density at radius 2 is 1.70 bits per heavy atom. The summed E-state index contributed by atoms with van der Waals surface area (Å²) in [5, 5.41) is 12.6. The Bertz CT molecular complexity index is 1320. The zero-order chi connectivity index (χ0) is 23.6. The fraction of sp³-hybridized carbons (Fsp3) is 0.261. The molecular weight excluding hydrogens is 446 g/mol. The Morgan fingerprint density at radius 3 is 2.39 bits per heavy atom. The minimum atomic E-state index is -3.61. The lowest BCUT2D eigenvalue weighted by molar-refractivity contribution is -0.384. The van der Waals surface area contributed by atoms with E-state index in [2.05, 4.69) is 4.90 Å². The van der Waals surface area contributed by atoms with E-state index in [9.17, 15) is 23.3 Å². The predicted molar refractivity (Wildman–Crippen MR) is 124 cm³/mol. The van der Waals surface area contributed by atoms with Crippen LogP contribution in [0.4, 0.5) is 5.69 Å². The number of carbonyl (C=O) groups is 1. The number of nitrogens with zero attached hydrogens (tertiary/aromatic N) is 3. The van der Waals surface area contributed by atoms with Gasteiger partial charge in [-0.1, -0.05) is 24.3 Å². The molecule has 0 aliphatic carbocycles. The van der Waals surface area contributed by atoms with Crippen LogP contribution in [0.15, 0.2) is 60.7 Å². The molecule has 1 fully saturated rings. The van der Waals surface area contributed by atoms with Crippen LogP contribution in [0.2, 0.25) is 0 Å². The normalized spacial score (nSPS) is 14.9. The van der Waals surface area contributed by atoms with Crippen LogP contribution in [0.1, 0.15) is 15.9 Å². The van der Waals surface area contributed by atoms with Crippen molar-refractivity contribution in [3.63, 3.8) is 0 Å². The smallest absolute Gasteiger partial charge is 0.306 e. The maximum Gasteiger partial charge on any atom is 0.306 e. The first-order valence-corrected chi connectivity index (χ1v) is 12.2. The molecule has 1 heterocycles. The van der Waals surface area contributed by atoms with Crippen molar-refractivity contribution in [1.82, 2.24) is 9.80 Å². The third-order valence-electron chi connectivity index (χ3n) is 5.49. The van der Waals surface area contributed by atoms with Crippen molar-refractivity contribution in [3.05, 3.63) is 81.9 Å². The van der Waals surface area contributed by atoms with Gasteiger partial charge < -0.3 is 9.08 Å². The molecule has 4 rings (SSSR count). The highest BCUT2D eigenvalue weighted by molar-refractivity contribution is 7.86. The van der Waals surface area contributed by atoms with Gasteiger partial charge in [-0.05, 0) is 40.6 Å². The Morgan fingerprint density at radius 1 is 1.00 bits per heavy atom. The van der Waals surface area contributed by atoms with Crippen molar-refractivity contribution in [2.45, 2.75) is 6.54 Å². The van der Waals surface area contributed by atoms with E-state index < -0.39 is 15.0 Å². The van der Waals surface area contributed by atoms with E-state index >= 15 is 0 Å². The van der Waals surface area contributed by atoms with Gasteiger partial charge in [0.1, 0.15) is 5.75 Å². The van der Waals surface area contributed by atoms with Crippen LogP contribution in [0.5, 0.6) is 5.75 Å². The van der Waals surface area contributed by atoms with Crippen LogP contribution in [-0.4, -0.2) is 61.5 Å². The number of amides is 1. The molecule has 3 aromatic carbocycles. The summed E-state index contributed by atoms with van der Waals surface area (Å²) in [5.41, 5.74) is 1.51. The molecule has 1 aliphatic heterocycles. The Balaban J connectivity index is 1.39. The van der Waals surface area contributed by atoms with Gasteiger partial charge in [0.2, 0.25) is 0 Å². The molecule has 0 radical (unpaired) electrons. The summed E-state index contributed by atoms with van der Waals surface area (Å²) in [6.45, 7) is 3.07. The highest BCUT2D eigenvalue weighted by atomic mass is 32.2. The molecule has 0 bridgehead atoms. The van der Waals surface area contributed by atoms with E-state index in [1.54, 1.807) is 53.4 Å². The molecule has 10 heteroatoms. The second-order valence-corrected chi connectivity index (χ2v) is 9.58. The number of hydrogen-bond donors (Lipinski definition) is 0. The second-order valence-electron chi connectivity index (χ2n) is 8.01.